The lowest BCUT2D eigenvalue weighted by atomic mass is 10.1. The zero-order chi connectivity index (χ0) is 13.8. The van der Waals surface area contributed by atoms with Gasteiger partial charge in [0.05, 0.1) is 0 Å². The van der Waals surface area contributed by atoms with E-state index in [9.17, 15) is 13.2 Å². The summed E-state index contributed by atoms with van der Waals surface area (Å²) in [5.74, 6) is -0.129. The van der Waals surface area contributed by atoms with E-state index in [1.807, 2.05) is 13.8 Å². The van der Waals surface area contributed by atoms with Crippen LogP contribution in [0.2, 0.25) is 0 Å². The van der Waals surface area contributed by atoms with E-state index in [1.54, 1.807) is 6.26 Å². The molecule has 0 aliphatic heterocycles. The van der Waals surface area contributed by atoms with Crippen molar-refractivity contribution in [3.05, 3.63) is 11.8 Å². The number of hydrogen-bond donors (Lipinski definition) is 1. The van der Waals surface area contributed by atoms with Crippen LogP contribution in [0, 0.1) is 0 Å². The van der Waals surface area contributed by atoms with E-state index in [0.29, 0.717) is 5.16 Å². The quantitative estimate of drug-likeness (QED) is 0.657. The van der Waals surface area contributed by atoms with Gasteiger partial charge in [0.1, 0.15) is 11.4 Å². The zero-order valence-corrected chi connectivity index (χ0v) is 11.3. The third kappa shape index (κ3) is 3.76. The number of aromatic nitrogens is 2. The van der Waals surface area contributed by atoms with E-state index < -0.39 is 11.7 Å². The van der Waals surface area contributed by atoms with Gasteiger partial charge in [-0.1, -0.05) is 25.6 Å². The zero-order valence-electron chi connectivity index (χ0n) is 10.5. The second kappa shape index (κ2) is 6.26. The maximum atomic E-state index is 12.8. The van der Waals surface area contributed by atoms with Crippen molar-refractivity contribution in [1.29, 1.82) is 0 Å². The molecule has 1 aromatic rings. The monoisotopic (exact) mass is 279 g/mol. The largest absolute Gasteiger partial charge is 0.421 e. The van der Waals surface area contributed by atoms with Crippen molar-refractivity contribution in [2.75, 3.05) is 11.6 Å². The highest BCUT2D eigenvalue weighted by atomic mass is 32.2. The Morgan fingerprint density at radius 2 is 1.94 bits per heavy atom. The molecule has 0 fully saturated rings. The molecule has 0 aliphatic carbocycles. The van der Waals surface area contributed by atoms with Crippen LogP contribution in [-0.4, -0.2) is 22.3 Å². The SMILES string of the molecule is CCC(CC)Nc1nc(SC)ncc1C(F)(F)F. The Hall–Kier alpha value is -0.980. The predicted molar refractivity (Wildman–Crippen MR) is 66.8 cm³/mol. The Kier molecular flexibility index (Phi) is 5.25. The molecule has 7 heteroatoms. The summed E-state index contributed by atoms with van der Waals surface area (Å²) in [7, 11) is 0. The number of rotatable bonds is 5. The molecule has 1 rings (SSSR count). The standard InChI is InChI=1S/C11H16F3N3S/c1-4-7(5-2)16-9-8(11(12,13)14)6-15-10(17-9)18-3/h6-7H,4-5H2,1-3H3,(H,15,16,17). The predicted octanol–water partition coefficient (Wildman–Crippen LogP) is 3.82. The van der Waals surface area contributed by atoms with Crippen LogP contribution < -0.4 is 5.32 Å². The first kappa shape index (κ1) is 15.1. The molecular formula is C11H16F3N3S. The van der Waals surface area contributed by atoms with Gasteiger partial charge in [-0.25, -0.2) is 9.97 Å². The van der Waals surface area contributed by atoms with Crippen LogP contribution in [0.25, 0.3) is 0 Å². The maximum Gasteiger partial charge on any atom is 0.421 e. The molecule has 102 valence electrons. The molecule has 0 bridgehead atoms. The molecule has 0 saturated carbocycles. The summed E-state index contributed by atoms with van der Waals surface area (Å²) in [5, 5.41) is 3.17. The summed E-state index contributed by atoms with van der Waals surface area (Å²) >= 11 is 1.22. The van der Waals surface area contributed by atoms with Crippen molar-refractivity contribution in [1.82, 2.24) is 9.97 Å². The molecule has 0 atom stereocenters. The fraction of sp³-hybridized carbons (Fsp3) is 0.636. The van der Waals surface area contributed by atoms with Crippen LogP contribution >= 0.6 is 11.8 Å². The van der Waals surface area contributed by atoms with Crippen LogP contribution in [0.15, 0.2) is 11.4 Å². The molecule has 1 aromatic heterocycles. The smallest absolute Gasteiger partial charge is 0.367 e. The van der Waals surface area contributed by atoms with Crippen LogP contribution in [0.5, 0.6) is 0 Å². The molecule has 0 aromatic carbocycles. The lowest BCUT2D eigenvalue weighted by Crippen LogP contribution is -2.22. The third-order valence-electron chi connectivity index (χ3n) is 2.58. The maximum absolute atomic E-state index is 12.8. The average molecular weight is 279 g/mol. The molecule has 0 unspecified atom stereocenters. The topological polar surface area (TPSA) is 37.8 Å². The first-order valence-electron chi connectivity index (χ1n) is 5.67. The van der Waals surface area contributed by atoms with Crippen molar-refractivity contribution >= 4 is 17.6 Å². The first-order valence-corrected chi connectivity index (χ1v) is 6.89. The molecule has 0 amide bonds. The van der Waals surface area contributed by atoms with Crippen molar-refractivity contribution in [2.24, 2.45) is 0 Å². The van der Waals surface area contributed by atoms with Gasteiger partial charge in [-0.15, -0.1) is 0 Å². The van der Waals surface area contributed by atoms with Gasteiger partial charge in [-0.2, -0.15) is 13.2 Å². The minimum Gasteiger partial charge on any atom is -0.367 e. The highest BCUT2D eigenvalue weighted by Gasteiger charge is 2.35. The molecule has 0 spiro atoms. The number of thioether (sulfide) groups is 1. The Labute approximate surface area is 109 Å². The second-order valence-corrected chi connectivity index (χ2v) is 4.55. The lowest BCUT2D eigenvalue weighted by Gasteiger charge is -2.19. The van der Waals surface area contributed by atoms with Gasteiger partial charge in [-0.05, 0) is 19.1 Å². The highest BCUT2D eigenvalue weighted by Crippen LogP contribution is 2.34. The van der Waals surface area contributed by atoms with Crippen molar-refractivity contribution in [2.45, 2.75) is 44.1 Å². The Balaban J connectivity index is 3.11. The van der Waals surface area contributed by atoms with Crippen molar-refractivity contribution in [3.63, 3.8) is 0 Å². The molecule has 3 nitrogen and oxygen atoms in total. The van der Waals surface area contributed by atoms with E-state index >= 15 is 0 Å². The number of hydrogen-bond acceptors (Lipinski definition) is 4. The van der Waals surface area contributed by atoms with Gasteiger partial charge in [0.25, 0.3) is 0 Å². The fourth-order valence-electron chi connectivity index (χ4n) is 1.47. The van der Waals surface area contributed by atoms with E-state index in [-0.39, 0.29) is 11.9 Å². The van der Waals surface area contributed by atoms with E-state index in [0.717, 1.165) is 19.0 Å². The Morgan fingerprint density at radius 3 is 2.39 bits per heavy atom. The second-order valence-electron chi connectivity index (χ2n) is 3.77. The van der Waals surface area contributed by atoms with Gasteiger partial charge in [-0.3, -0.25) is 0 Å². The van der Waals surface area contributed by atoms with Crippen molar-refractivity contribution < 1.29 is 13.2 Å². The summed E-state index contributed by atoms with van der Waals surface area (Å²) in [6.45, 7) is 3.84. The fourth-order valence-corrected chi connectivity index (χ4v) is 1.81. The van der Waals surface area contributed by atoms with E-state index in [4.69, 9.17) is 0 Å². The summed E-state index contributed by atoms with van der Waals surface area (Å²) in [4.78, 5) is 7.59. The molecule has 1 heterocycles. The number of nitrogens with one attached hydrogen (secondary N) is 1. The van der Waals surface area contributed by atoms with Crippen LogP contribution in [-0.2, 0) is 6.18 Å². The summed E-state index contributed by atoms with van der Waals surface area (Å²) in [5.41, 5.74) is -0.813. The summed E-state index contributed by atoms with van der Waals surface area (Å²) in [6.07, 6.45) is -0.392. The molecule has 0 radical (unpaired) electrons. The van der Waals surface area contributed by atoms with E-state index in [1.165, 1.54) is 11.8 Å². The number of nitrogens with zero attached hydrogens (tertiary/aromatic N) is 2. The normalized spacial score (nSPS) is 11.9. The van der Waals surface area contributed by atoms with E-state index in [2.05, 4.69) is 15.3 Å². The molecule has 0 aliphatic rings. The van der Waals surface area contributed by atoms with Gasteiger partial charge >= 0.3 is 6.18 Å². The summed E-state index contributed by atoms with van der Waals surface area (Å²) < 4.78 is 38.4. The van der Waals surface area contributed by atoms with Crippen molar-refractivity contribution in [3.8, 4) is 0 Å². The molecular weight excluding hydrogens is 263 g/mol. The highest BCUT2D eigenvalue weighted by molar-refractivity contribution is 7.98. The van der Waals surface area contributed by atoms with Gasteiger partial charge in [0, 0.05) is 12.2 Å². The average Bonchev–Trinajstić information content (AvgIpc) is 2.34. The number of alkyl halides is 3. The van der Waals surface area contributed by atoms with Crippen LogP contribution in [0.3, 0.4) is 0 Å². The Bertz CT molecular complexity index is 392. The lowest BCUT2D eigenvalue weighted by molar-refractivity contribution is -0.137. The Morgan fingerprint density at radius 1 is 1.33 bits per heavy atom. The molecule has 18 heavy (non-hydrogen) atoms. The third-order valence-corrected chi connectivity index (χ3v) is 3.14. The molecule has 0 saturated heterocycles. The number of halogens is 3. The van der Waals surface area contributed by atoms with Gasteiger partial charge < -0.3 is 5.32 Å². The van der Waals surface area contributed by atoms with Crippen LogP contribution in [0.4, 0.5) is 19.0 Å². The van der Waals surface area contributed by atoms with Gasteiger partial charge in [0.15, 0.2) is 5.16 Å². The first-order chi connectivity index (χ1) is 8.42. The number of anilines is 1. The van der Waals surface area contributed by atoms with Crippen LogP contribution in [0.1, 0.15) is 32.3 Å². The summed E-state index contributed by atoms with van der Waals surface area (Å²) in [6, 6.07) is -0.0179. The molecule has 1 N–H and O–H groups in total. The minimum atomic E-state index is -4.44. The van der Waals surface area contributed by atoms with Gasteiger partial charge in [0.2, 0.25) is 0 Å². The minimum absolute atomic E-state index is 0.0179.